The second-order valence-corrected chi connectivity index (χ2v) is 3.15. The third kappa shape index (κ3) is 6.20. The molecule has 0 atom stereocenters. The van der Waals surface area contributed by atoms with Gasteiger partial charge in [0.25, 0.3) is 0 Å². The topological polar surface area (TPSA) is 95.9 Å². The van der Waals surface area contributed by atoms with E-state index in [0.29, 0.717) is 0 Å². The molecule has 0 aromatic carbocycles. The molecule has 0 amide bonds. The molecule has 6 nitrogen and oxygen atoms in total. The first-order chi connectivity index (χ1) is 4.98. The molecule has 0 rings (SSSR count). The van der Waals surface area contributed by atoms with E-state index in [0.717, 1.165) is 0 Å². The summed E-state index contributed by atoms with van der Waals surface area (Å²) in [5.41, 5.74) is 0. The summed E-state index contributed by atoms with van der Waals surface area (Å²) in [4.78, 5) is 0. The zero-order chi connectivity index (χ0) is 8.91. The minimum atomic E-state index is -3.80. The van der Waals surface area contributed by atoms with Crippen molar-refractivity contribution in [1.82, 2.24) is 4.72 Å². The minimum Gasteiger partial charge on any atom is -0.366 e. The van der Waals surface area contributed by atoms with Crippen LogP contribution in [0.1, 0.15) is 6.92 Å². The summed E-state index contributed by atoms with van der Waals surface area (Å²) < 4.78 is 27.3. The molecule has 0 saturated carbocycles. The molecule has 0 unspecified atom stereocenters. The van der Waals surface area contributed by atoms with Gasteiger partial charge in [0.15, 0.2) is 6.29 Å². The van der Waals surface area contributed by atoms with E-state index in [9.17, 15) is 8.42 Å². The van der Waals surface area contributed by atoms with Crippen LogP contribution in [0.4, 0.5) is 0 Å². The molecule has 0 bridgehead atoms. The fraction of sp³-hybridized carbons (Fsp3) is 1.00. The second-order valence-electron chi connectivity index (χ2n) is 1.72. The van der Waals surface area contributed by atoms with Crippen molar-refractivity contribution >= 4 is 10.3 Å². The van der Waals surface area contributed by atoms with E-state index in [1.807, 2.05) is 4.72 Å². The van der Waals surface area contributed by atoms with Crippen LogP contribution in [0.5, 0.6) is 0 Å². The van der Waals surface area contributed by atoms with Gasteiger partial charge in [-0.05, 0) is 0 Å². The largest absolute Gasteiger partial charge is 0.366 e. The van der Waals surface area contributed by atoms with Gasteiger partial charge in [0.2, 0.25) is 0 Å². The Labute approximate surface area is 65.1 Å². The van der Waals surface area contributed by atoms with Crippen molar-refractivity contribution in [2.45, 2.75) is 13.2 Å². The molecule has 11 heavy (non-hydrogen) atoms. The highest BCUT2D eigenvalue weighted by atomic mass is 32.2. The fourth-order valence-electron chi connectivity index (χ4n) is 0.369. The molecular weight excluding hydrogens is 174 g/mol. The quantitative estimate of drug-likeness (QED) is 0.438. The summed E-state index contributed by atoms with van der Waals surface area (Å²) in [5.74, 6) is 0. The molecule has 0 heterocycles. The lowest BCUT2D eigenvalue weighted by molar-refractivity contribution is -0.0671. The van der Waals surface area contributed by atoms with Crippen LogP contribution in [-0.2, 0) is 14.5 Å². The molecule has 7 heteroatoms. The summed E-state index contributed by atoms with van der Waals surface area (Å²) in [5, 5.41) is 16.4. The van der Waals surface area contributed by atoms with E-state index < -0.39 is 23.2 Å². The normalized spacial score (nSPS) is 12.4. The Hall–Kier alpha value is -0.210. The summed E-state index contributed by atoms with van der Waals surface area (Å²) in [6.45, 7) is 1.12. The standard InChI is InChI=1S/C4H11NO5S/c1-2-5-11(8,9)10-3-4(6)7/h4-7H,2-3H2,1H3. The smallest absolute Gasteiger partial charge is 0.336 e. The summed E-state index contributed by atoms with van der Waals surface area (Å²) in [7, 11) is -3.80. The summed E-state index contributed by atoms with van der Waals surface area (Å²) in [6.07, 6.45) is -1.77. The SMILES string of the molecule is CCNS(=O)(=O)OCC(O)O. The number of aliphatic hydroxyl groups excluding tert-OH is 1. The Balaban J connectivity index is 3.74. The molecule has 0 aliphatic rings. The molecule has 0 aliphatic carbocycles. The zero-order valence-corrected chi connectivity index (χ0v) is 6.84. The van der Waals surface area contributed by atoms with E-state index in [2.05, 4.69) is 4.18 Å². The van der Waals surface area contributed by atoms with Gasteiger partial charge in [-0.25, -0.2) is 0 Å². The van der Waals surface area contributed by atoms with Gasteiger partial charge in [-0.2, -0.15) is 13.1 Å². The first-order valence-corrected chi connectivity index (χ1v) is 4.39. The first-order valence-electron chi connectivity index (χ1n) is 2.98. The van der Waals surface area contributed by atoms with Crippen molar-refractivity contribution in [2.75, 3.05) is 13.2 Å². The highest BCUT2D eigenvalue weighted by Crippen LogP contribution is 1.88. The fourth-order valence-corrected chi connectivity index (χ4v) is 1.11. The maximum atomic E-state index is 10.6. The molecule has 0 fully saturated rings. The molecular formula is C4H11NO5S. The van der Waals surface area contributed by atoms with Crippen LogP contribution in [0.2, 0.25) is 0 Å². The van der Waals surface area contributed by atoms with Crippen molar-refractivity contribution < 1.29 is 22.8 Å². The molecule has 0 saturated heterocycles. The first kappa shape index (κ1) is 10.8. The summed E-state index contributed by atoms with van der Waals surface area (Å²) >= 11 is 0. The lowest BCUT2D eigenvalue weighted by Crippen LogP contribution is -2.28. The molecule has 68 valence electrons. The van der Waals surface area contributed by atoms with Crippen molar-refractivity contribution in [3.63, 3.8) is 0 Å². The average molecular weight is 185 g/mol. The van der Waals surface area contributed by atoms with Gasteiger partial charge in [-0.3, -0.25) is 4.18 Å². The van der Waals surface area contributed by atoms with Crippen LogP contribution < -0.4 is 4.72 Å². The molecule has 0 aromatic rings. The Morgan fingerprint density at radius 1 is 1.55 bits per heavy atom. The Bertz CT molecular complexity index is 187. The average Bonchev–Trinajstić information content (AvgIpc) is 1.84. The van der Waals surface area contributed by atoms with Gasteiger partial charge >= 0.3 is 10.3 Å². The van der Waals surface area contributed by atoms with Crippen LogP contribution in [0.25, 0.3) is 0 Å². The van der Waals surface area contributed by atoms with E-state index in [1.54, 1.807) is 6.92 Å². The highest BCUT2D eigenvalue weighted by molar-refractivity contribution is 7.84. The molecule has 0 radical (unpaired) electrons. The molecule has 0 aliphatic heterocycles. The maximum Gasteiger partial charge on any atom is 0.336 e. The van der Waals surface area contributed by atoms with Crippen molar-refractivity contribution in [3.8, 4) is 0 Å². The van der Waals surface area contributed by atoms with E-state index in [-0.39, 0.29) is 6.54 Å². The molecule has 3 N–H and O–H groups in total. The zero-order valence-electron chi connectivity index (χ0n) is 6.02. The second kappa shape index (κ2) is 4.62. The van der Waals surface area contributed by atoms with Gasteiger partial charge in [0.1, 0.15) is 6.61 Å². The monoisotopic (exact) mass is 185 g/mol. The molecule has 0 aromatic heterocycles. The third-order valence-corrected chi connectivity index (χ3v) is 1.78. The minimum absolute atomic E-state index is 0.198. The maximum absolute atomic E-state index is 10.6. The molecule has 0 spiro atoms. The number of hydrogen-bond donors (Lipinski definition) is 3. The lowest BCUT2D eigenvalue weighted by Gasteiger charge is -2.05. The number of hydrogen-bond acceptors (Lipinski definition) is 5. The predicted molar refractivity (Wildman–Crippen MR) is 36.8 cm³/mol. The number of aliphatic hydroxyl groups is 2. The van der Waals surface area contributed by atoms with E-state index in [4.69, 9.17) is 10.2 Å². The van der Waals surface area contributed by atoms with Gasteiger partial charge in [-0.1, -0.05) is 6.92 Å². The summed E-state index contributed by atoms with van der Waals surface area (Å²) in [6, 6.07) is 0. The van der Waals surface area contributed by atoms with Gasteiger partial charge in [0.05, 0.1) is 0 Å². The van der Waals surface area contributed by atoms with Crippen LogP contribution in [0.3, 0.4) is 0 Å². The van der Waals surface area contributed by atoms with Crippen LogP contribution in [-0.4, -0.2) is 38.1 Å². The van der Waals surface area contributed by atoms with Crippen molar-refractivity contribution in [3.05, 3.63) is 0 Å². The highest BCUT2D eigenvalue weighted by Gasteiger charge is 2.10. The van der Waals surface area contributed by atoms with Crippen LogP contribution in [0.15, 0.2) is 0 Å². The Morgan fingerprint density at radius 2 is 2.09 bits per heavy atom. The van der Waals surface area contributed by atoms with Crippen LogP contribution >= 0.6 is 0 Å². The van der Waals surface area contributed by atoms with E-state index in [1.165, 1.54) is 0 Å². The van der Waals surface area contributed by atoms with Gasteiger partial charge < -0.3 is 10.2 Å². The number of nitrogens with one attached hydrogen (secondary N) is 1. The van der Waals surface area contributed by atoms with E-state index >= 15 is 0 Å². The lowest BCUT2D eigenvalue weighted by atomic mass is 10.7. The third-order valence-electron chi connectivity index (χ3n) is 0.693. The number of rotatable bonds is 5. The predicted octanol–water partition coefficient (Wildman–Crippen LogP) is -1.83. The van der Waals surface area contributed by atoms with Crippen molar-refractivity contribution in [2.24, 2.45) is 0 Å². The Morgan fingerprint density at radius 3 is 2.45 bits per heavy atom. The Kier molecular flexibility index (Phi) is 4.54. The van der Waals surface area contributed by atoms with Gasteiger partial charge in [-0.15, -0.1) is 0 Å². The van der Waals surface area contributed by atoms with Gasteiger partial charge in [0, 0.05) is 6.54 Å². The van der Waals surface area contributed by atoms with Crippen molar-refractivity contribution in [1.29, 1.82) is 0 Å². The van der Waals surface area contributed by atoms with Crippen LogP contribution in [0, 0.1) is 0 Å².